The van der Waals surface area contributed by atoms with Crippen LogP contribution in [0.3, 0.4) is 0 Å². The quantitative estimate of drug-likeness (QED) is 0.671. The normalized spacial score (nSPS) is 10.8. The molecule has 1 aromatic rings. The number of ketones is 1. The fourth-order valence-corrected chi connectivity index (χ4v) is 1.53. The highest BCUT2D eigenvalue weighted by Crippen LogP contribution is 2.18. The maximum Gasteiger partial charge on any atom is 0.303 e. The lowest BCUT2D eigenvalue weighted by atomic mass is 10.4. The van der Waals surface area contributed by atoms with Gasteiger partial charge in [0.05, 0.1) is 5.69 Å². The highest BCUT2D eigenvalue weighted by Gasteiger charge is 2.21. The first-order valence-electron chi connectivity index (χ1n) is 3.28. The second-order valence-corrected chi connectivity index (χ2v) is 3.53. The minimum absolute atomic E-state index is 0.0972. The third-order valence-corrected chi connectivity index (χ3v) is 2.52. The minimum Gasteiger partial charge on any atom is -0.285 e. The summed E-state index contributed by atoms with van der Waals surface area (Å²) < 4.78 is 23.7. The van der Waals surface area contributed by atoms with Crippen LogP contribution >= 0.6 is 11.3 Å². The molecule has 0 amide bonds. The predicted octanol–water partition coefficient (Wildman–Crippen LogP) is 2.21. The van der Waals surface area contributed by atoms with E-state index in [1.165, 1.54) is 0 Å². The molecule has 12 heavy (non-hydrogen) atoms. The van der Waals surface area contributed by atoms with Crippen LogP contribution in [-0.4, -0.2) is 17.2 Å². The molecular formula is C7H7F2NOS. The lowest BCUT2D eigenvalue weighted by Crippen LogP contribution is -2.09. The molecular weight excluding hydrogens is 184 g/mol. The van der Waals surface area contributed by atoms with Gasteiger partial charge in [0.1, 0.15) is 0 Å². The SMILES string of the molecule is Cc1nc(C(=O)C(F)F)sc1C. The van der Waals surface area contributed by atoms with Gasteiger partial charge >= 0.3 is 6.43 Å². The zero-order valence-electron chi connectivity index (χ0n) is 6.60. The van der Waals surface area contributed by atoms with Crippen molar-refractivity contribution in [3.8, 4) is 0 Å². The van der Waals surface area contributed by atoms with Crippen molar-refractivity contribution in [3.63, 3.8) is 0 Å². The zero-order chi connectivity index (χ0) is 9.30. The third kappa shape index (κ3) is 1.66. The Balaban J connectivity index is 2.97. The number of nitrogens with zero attached hydrogens (tertiary/aromatic N) is 1. The van der Waals surface area contributed by atoms with E-state index >= 15 is 0 Å². The van der Waals surface area contributed by atoms with Gasteiger partial charge in [-0.1, -0.05) is 0 Å². The molecule has 0 aliphatic rings. The maximum absolute atomic E-state index is 11.9. The third-order valence-electron chi connectivity index (χ3n) is 1.44. The van der Waals surface area contributed by atoms with Gasteiger partial charge in [-0.15, -0.1) is 11.3 Å². The molecule has 0 N–H and O–H groups in total. The van der Waals surface area contributed by atoms with Crippen LogP contribution in [0, 0.1) is 13.8 Å². The number of hydrogen-bond acceptors (Lipinski definition) is 3. The average Bonchev–Trinajstić information content (AvgIpc) is 2.30. The molecule has 0 fully saturated rings. The predicted molar refractivity (Wildman–Crippen MR) is 41.9 cm³/mol. The van der Waals surface area contributed by atoms with Gasteiger partial charge in [0.25, 0.3) is 5.78 Å². The lowest BCUT2D eigenvalue weighted by molar-refractivity contribution is 0.0678. The molecule has 0 aromatic carbocycles. The molecule has 0 spiro atoms. The number of carbonyl (C=O) groups excluding carboxylic acids is 1. The van der Waals surface area contributed by atoms with Crippen LogP contribution in [0.4, 0.5) is 8.78 Å². The molecule has 0 atom stereocenters. The van der Waals surface area contributed by atoms with E-state index in [4.69, 9.17) is 0 Å². The van der Waals surface area contributed by atoms with Crippen LogP contribution in [0.2, 0.25) is 0 Å². The van der Waals surface area contributed by atoms with Crippen molar-refractivity contribution in [2.24, 2.45) is 0 Å². The van der Waals surface area contributed by atoms with Gasteiger partial charge in [-0.05, 0) is 13.8 Å². The summed E-state index contributed by atoms with van der Waals surface area (Å²) in [5.74, 6) is -1.18. The largest absolute Gasteiger partial charge is 0.303 e. The monoisotopic (exact) mass is 191 g/mol. The molecule has 1 heterocycles. The van der Waals surface area contributed by atoms with Crippen molar-refractivity contribution in [3.05, 3.63) is 15.6 Å². The second-order valence-electron chi connectivity index (χ2n) is 2.33. The molecule has 1 rings (SSSR count). The summed E-state index contributed by atoms with van der Waals surface area (Å²) in [5, 5.41) is -0.0972. The molecule has 0 radical (unpaired) electrons. The summed E-state index contributed by atoms with van der Waals surface area (Å²) in [7, 11) is 0. The summed E-state index contributed by atoms with van der Waals surface area (Å²) in [6.07, 6.45) is -2.95. The summed E-state index contributed by atoms with van der Waals surface area (Å²) >= 11 is 1.01. The smallest absolute Gasteiger partial charge is 0.285 e. The molecule has 0 aliphatic carbocycles. The van der Waals surface area contributed by atoms with Gasteiger partial charge in [0, 0.05) is 4.88 Å². The lowest BCUT2D eigenvalue weighted by Gasteiger charge is -1.90. The fraction of sp³-hybridized carbons (Fsp3) is 0.429. The average molecular weight is 191 g/mol. The standard InChI is InChI=1S/C7H7F2NOS/c1-3-4(2)12-7(10-3)5(11)6(8)9/h6H,1-2H3. The Morgan fingerprint density at radius 3 is 2.42 bits per heavy atom. The molecule has 66 valence electrons. The Hall–Kier alpha value is -0.840. The van der Waals surface area contributed by atoms with Gasteiger partial charge in [-0.3, -0.25) is 4.79 Å². The van der Waals surface area contributed by atoms with E-state index in [1.807, 2.05) is 0 Å². The van der Waals surface area contributed by atoms with Crippen molar-refractivity contribution < 1.29 is 13.6 Å². The number of alkyl halides is 2. The summed E-state index contributed by atoms with van der Waals surface area (Å²) in [6.45, 7) is 3.43. The van der Waals surface area contributed by atoms with Crippen LogP contribution in [-0.2, 0) is 0 Å². The van der Waals surface area contributed by atoms with E-state index in [1.54, 1.807) is 13.8 Å². The van der Waals surface area contributed by atoms with Gasteiger partial charge in [0.2, 0.25) is 0 Å². The Bertz CT molecular complexity index is 289. The number of rotatable bonds is 2. The van der Waals surface area contributed by atoms with E-state index in [9.17, 15) is 13.6 Å². The summed E-state index contributed by atoms with van der Waals surface area (Å²) in [4.78, 5) is 15.2. The highest BCUT2D eigenvalue weighted by molar-refractivity contribution is 7.13. The molecule has 0 saturated heterocycles. The van der Waals surface area contributed by atoms with Gasteiger partial charge in [0.15, 0.2) is 5.01 Å². The zero-order valence-corrected chi connectivity index (χ0v) is 7.41. The number of Topliss-reactive ketones (excluding diaryl/α,β-unsaturated/α-hetero) is 1. The molecule has 2 nitrogen and oxygen atoms in total. The summed E-state index contributed by atoms with van der Waals surface area (Å²) in [6, 6.07) is 0. The Kier molecular flexibility index (Phi) is 2.52. The maximum atomic E-state index is 11.9. The van der Waals surface area contributed by atoms with Crippen LogP contribution < -0.4 is 0 Å². The van der Waals surface area contributed by atoms with Crippen molar-refractivity contribution in [2.45, 2.75) is 20.3 Å². The first-order chi connectivity index (χ1) is 5.52. The van der Waals surface area contributed by atoms with Gasteiger partial charge in [-0.2, -0.15) is 0 Å². The van der Waals surface area contributed by atoms with Crippen molar-refractivity contribution in [1.29, 1.82) is 0 Å². The van der Waals surface area contributed by atoms with Crippen molar-refractivity contribution in [1.82, 2.24) is 4.98 Å². The summed E-state index contributed by atoms with van der Waals surface area (Å²) in [5.41, 5.74) is 0.643. The van der Waals surface area contributed by atoms with Crippen molar-refractivity contribution >= 4 is 17.1 Å². The number of aromatic nitrogens is 1. The van der Waals surface area contributed by atoms with Crippen LogP contribution in [0.5, 0.6) is 0 Å². The Labute approximate surface area is 72.2 Å². The molecule has 0 bridgehead atoms. The molecule has 1 aromatic heterocycles. The van der Waals surface area contributed by atoms with Crippen molar-refractivity contribution in [2.75, 3.05) is 0 Å². The number of halogens is 2. The fourth-order valence-electron chi connectivity index (χ4n) is 0.671. The van der Waals surface area contributed by atoms with E-state index in [-0.39, 0.29) is 5.01 Å². The minimum atomic E-state index is -2.95. The molecule has 0 saturated carbocycles. The number of hydrogen-bond donors (Lipinski definition) is 0. The van der Waals surface area contributed by atoms with Crippen LogP contribution in [0.15, 0.2) is 0 Å². The Morgan fingerprint density at radius 2 is 2.08 bits per heavy atom. The van der Waals surface area contributed by atoms with E-state index in [2.05, 4.69) is 4.98 Å². The number of aryl methyl sites for hydroxylation is 2. The van der Waals surface area contributed by atoms with Crippen LogP contribution in [0.1, 0.15) is 20.4 Å². The first kappa shape index (κ1) is 9.25. The number of thiazole rings is 1. The van der Waals surface area contributed by atoms with Gasteiger partial charge in [-0.25, -0.2) is 13.8 Å². The van der Waals surface area contributed by atoms with E-state index in [0.717, 1.165) is 16.2 Å². The highest BCUT2D eigenvalue weighted by atomic mass is 32.1. The first-order valence-corrected chi connectivity index (χ1v) is 4.10. The Morgan fingerprint density at radius 1 is 1.50 bits per heavy atom. The second kappa shape index (κ2) is 3.26. The molecule has 0 unspecified atom stereocenters. The topological polar surface area (TPSA) is 30.0 Å². The van der Waals surface area contributed by atoms with E-state index < -0.39 is 12.2 Å². The van der Waals surface area contributed by atoms with Crippen LogP contribution in [0.25, 0.3) is 0 Å². The molecule has 0 aliphatic heterocycles. The number of carbonyl (C=O) groups is 1. The van der Waals surface area contributed by atoms with E-state index in [0.29, 0.717) is 5.69 Å². The van der Waals surface area contributed by atoms with Gasteiger partial charge < -0.3 is 0 Å². The molecule has 5 heteroatoms.